The summed E-state index contributed by atoms with van der Waals surface area (Å²) in [4.78, 5) is 22.4. The number of hydrogen-bond donors (Lipinski definition) is 2. The molecule has 0 saturated carbocycles. The van der Waals surface area contributed by atoms with Gasteiger partial charge >= 0.3 is 11.8 Å². The van der Waals surface area contributed by atoms with Crippen LogP contribution in [0.25, 0.3) is 0 Å². The zero-order valence-corrected chi connectivity index (χ0v) is 9.20. The Morgan fingerprint density at radius 1 is 1.18 bits per heavy atom. The first-order valence-electron chi connectivity index (χ1n) is 5.05. The molecule has 0 atom stereocenters. The molecule has 0 unspecified atom stereocenters. The molecule has 0 aliphatic heterocycles. The van der Waals surface area contributed by atoms with E-state index in [1.807, 2.05) is 0 Å². The molecule has 0 saturated heterocycles. The van der Waals surface area contributed by atoms with Gasteiger partial charge in [-0.05, 0) is 17.7 Å². The van der Waals surface area contributed by atoms with Gasteiger partial charge in [-0.25, -0.2) is 4.39 Å². The standard InChI is InChI=1S/C12H13FN2O2/c1-2-7-14-11(16)12(17)15-8-9-3-5-10(13)6-4-9/h2-6H,1,7-8H2,(H,14,16)(H,15,17). The van der Waals surface area contributed by atoms with Gasteiger partial charge in [-0.2, -0.15) is 0 Å². The summed E-state index contributed by atoms with van der Waals surface area (Å²) >= 11 is 0. The van der Waals surface area contributed by atoms with Crippen LogP contribution in [0.2, 0.25) is 0 Å². The van der Waals surface area contributed by atoms with Gasteiger partial charge in [-0.1, -0.05) is 18.2 Å². The summed E-state index contributed by atoms with van der Waals surface area (Å²) in [5, 5.41) is 4.77. The Morgan fingerprint density at radius 3 is 2.35 bits per heavy atom. The molecule has 90 valence electrons. The van der Waals surface area contributed by atoms with E-state index in [1.165, 1.54) is 30.3 Å². The number of carbonyl (C=O) groups is 2. The number of nitrogens with one attached hydrogen (secondary N) is 2. The highest BCUT2D eigenvalue weighted by Gasteiger charge is 2.11. The summed E-state index contributed by atoms with van der Waals surface area (Å²) in [7, 11) is 0. The summed E-state index contributed by atoms with van der Waals surface area (Å²) in [5.74, 6) is -1.79. The van der Waals surface area contributed by atoms with E-state index in [0.29, 0.717) is 0 Å². The smallest absolute Gasteiger partial charge is 0.309 e. The number of amides is 2. The second-order valence-electron chi connectivity index (χ2n) is 3.31. The SMILES string of the molecule is C=CCNC(=O)C(=O)NCc1ccc(F)cc1. The summed E-state index contributed by atoms with van der Waals surface area (Å²) in [5.41, 5.74) is 0.719. The van der Waals surface area contributed by atoms with Crippen molar-refractivity contribution >= 4 is 11.8 Å². The van der Waals surface area contributed by atoms with Crippen LogP contribution in [0.1, 0.15) is 5.56 Å². The van der Waals surface area contributed by atoms with E-state index >= 15 is 0 Å². The quantitative estimate of drug-likeness (QED) is 0.598. The average Bonchev–Trinajstić information content (AvgIpc) is 2.34. The maximum Gasteiger partial charge on any atom is 0.309 e. The molecule has 1 aromatic rings. The van der Waals surface area contributed by atoms with Crippen molar-refractivity contribution in [2.24, 2.45) is 0 Å². The molecule has 17 heavy (non-hydrogen) atoms. The van der Waals surface area contributed by atoms with Gasteiger partial charge in [-0.15, -0.1) is 6.58 Å². The molecule has 1 aromatic carbocycles. The second kappa shape index (κ2) is 6.42. The first-order chi connectivity index (χ1) is 8.13. The molecule has 2 N–H and O–H groups in total. The molecule has 0 spiro atoms. The van der Waals surface area contributed by atoms with Crippen molar-refractivity contribution in [2.75, 3.05) is 6.54 Å². The molecule has 1 rings (SSSR count). The van der Waals surface area contributed by atoms with Crippen LogP contribution in [0.5, 0.6) is 0 Å². The highest BCUT2D eigenvalue weighted by molar-refractivity contribution is 6.35. The number of halogens is 1. The van der Waals surface area contributed by atoms with Gasteiger partial charge in [0.05, 0.1) is 0 Å². The van der Waals surface area contributed by atoms with E-state index < -0.39 is 11.8 Å². The van der Waals surface area contributed by atoms with Crippen molar-refractivity contribution in [2.45, 2.75) is 6.54 Å². The topological polar surface area (TPSA) is 58.2 Å². The highest BCUT2D eigenvalue weighted by atomic mass is 19.1. The molecule has 0 radical (unpaired) electrons. The average molecular weight is 236 g/mol. The van der Waals surface area contributed by atoms with Crippen molar-refractivity contribution in [3.05, 3.63) is 48.3 Å². The van der Waals surface area contributed by atoms with Crippen molar-refractivity contribution in [3.8, 4) is 0 Å². The van der Waals surface area contributed by atoms with Crippen LogP contribution in [0.4, 0.5) is 4.39 Å². The van der Waals surface area contributed by atoms with Crippen molar-refractivity contribution in [3.63, 3.8) is 0 Å². The fraction of sp³-hybridized carbons (Fsp3) is 0.167. The van der Waals surface area contributed by atoms with Gasteiger partial charge in [0.1, 0.15) is 5.82 Å². The monoisotopic (exact) mass is 236 g/mol. The molecule has 2 amide bonds. The first-order valence-corrected chi connectivity index (χ1v) is 5.05. The molecule has 0 aliphatic carbocycles. The normalized spacial score (nSPS) is 9.47. The fourth-order valence-electron chi connectivity index (χ4n) is 1.11. The minimum atomic E-state index is -0.726. The maximum absolute atomic E-state index is 12.6. The van der Waals surface area contributed by atoms with Gasteiger partial charge in [-0.3, -0.25) is 9.59 Å². The fourth-order valence-corrected chi connectivity index (χ4v) is 1.11. The molecule has 5 heteroatoms. The Kier molecular flexibility index (Phi) is 4.87. The third-order valence-electron chi connectivity index (χ3n) is 1.98. The highest BCUT2D eigenvalue weighted by Crippen LogP contribution is 2.01. The predicted molar refractivity (Wildman–Crippen MR) is 61.5 cm³/mol. The van der Waals surface area contributed by atoms with Gasteiger partial charge in [0, 0.05) is 13.1 Å². The largest absolute Gasteiger partial charge is 0.344 e. The minimum absolute atomic E-state index is 0.181. The Balaban J connectivity index is 2.40. The molecule has 0 heterocycles. The van der Waals surface area contributed by atoms with E-state index in [9.17, 15) is 14.0 Å². The number of hydrogen-bond acceptors (Lipinski definition) is 2. The molecule has 0 aromatic heterocycles. The van der Waals surface area contributed by atoms with E-state index in [2.05, 4.69) is 17.2 Å². The molecular weight excluding hydrogens is 223 g/mol. The van der Waals surface area contributed by atoms with Crippen molar-refractivity contribution in [1.82, 2.24) is 10.6 Å². The van der Waals surface area contributed by atoms with Crippen LogP contribution >= 0.6 is 0 Å². The van der Waals surface area contributed by atoms with Gasteiger partial charge in [0.2, 0.25) is 0 Å². The van der Waals surface area contributed by atoms with Crippen LogP contribution in [-0.4, -0.2) is 18.4 Å². The van der Waals surface area contributed by atoms with Crippen LogP contribution in [0.15, 0.2) is 36.9 Å². The predicted octanol–water partition coefficient (Wildman–Crippen LogP) is 0.744. The van der Waals surface area contributed by atoms with Crippen molar-refractivity contribution in [1.29, 1.82) is 0 Å². The van der Waals surface area contributed by atoms with Crippen LogP contribution in [0.3, 0.4) is 0 Å². The maximum atomic E-state index is 12.6. The van der Waals surface area contributed by atoms with Gasteiger partial charge in [0.15, 0.2) is 0 Å². The van der Waals surface area contributed by atoms with Crippen LogP contribution in [0, 0.1) is 5.82 Å². The Labute approximate surface area is 98.5 Å². The lowest BCUT2D eigenvalue weighted by molar-refractivity contribution is -0.139. The molecule has 0 fully saturated rings. The number of benzene rings is 1. The van der Waals surface area contributed by atoms with Gasteiger partial charge < -0.3 is 10.6 Å². The lowest BCUT2D eigenvalue weighted by atomic mass is 10.2. The van der Waals surface area contributed by atoms with Crippen LogP contribution < -0.4 is 10.6 Å². The molecule has 0 aliphatic rings. The second-order valence-corrected chi connectivity index (χ2v) is 3.31. The third kappa shape index (κ3) is 4.46. The number of rotatable bonds is 4. The molecule has 4 nitrogen and oxygen atoms in total. The Bertz CT molecular complexity index is 415. The first kappa shape index (κ1) is 12.9. The lowest BCUT2D eigenvalue weighted by Crippen LogP contribution is -2.39. The lowest BCUT2D eigenvalue weighted by Gasteiger charge is -2.05. The summed E-state index contributed by atoms with van der Waals surface area (Å²) < 4.78 is 12.6. The summed E-state index contributed by atoms with van der Waals surface area (Å²) in [6.07, 6.45) is 1.48. The van der Waals surface area contributed by atoms with E-state index in [0.717, 1.165) is 5.56 Å². The Morgan fingerprint density at radius 2 is 1.76 bits per heavy atom. The summed E-state index contributed by atoms with van der Waals surface area (Å²) in [6.45, 7) is 3.83. The Hall–Kier alpha value is -2.17. The third-order valence-corrected chi connectivity index (χ3v) is 1.98. The number of carbonyl (C=O) groups excluding carboxylic acids is 2. The van der Waals surface area contributed by atoms with E-state index in [1.54, 1.807) is 0 Å². The zero-order valence-electron chi connectivity index (χ0n) is 9.20. The van der Waals surface area contributed by atoms with Gasteiger partial charge in [0.25, 0.3) is 0 Å². The van der Waals surface area contributed by atoms with E-state index in [-0.39, 0.29) is 18.9 Å². The molecule has 0 bridgehead atoms. The van der Waals surface area contributed by atoms with Crippen LogP contribution in [-0.2, 0) is 16.1 Å². The van der Waals surface area contributed by atoms with Crippen molar-refractivity contribution < 1.29 is 14.0 Å². The molecular formula is C12H13FN2O2. The van der Waals surface area contributed by atoms with E-state index in [4.69, 9.17) is 0 Å². The zero-order chi connectivity index (χ0) is 12.7. The minimum Gasteiger partial charge on any atom is -0.344 e. The summed E-state index contributed by atoms with van der Waals surface area (Å²) in [6, 6.07) is 5.66.